The number of carbonyl (C=O) groups excluding carboxylic acids is 2. The van der Waals surface area contributed by atoms with E-state index in [1.54, 1.807) is 35.8 Å². The van der Waals surface area contributed by atoms with Crippen molar-refractivity contribution in [3.05, 3.63) is 77.3 Å². The van der Waals surface area contributed by atoms with E-state index in [1.807, 2.05) is 0 Å². The topological polar surface area (TPSA) is 131 Å². The van der Waals surface area contributed by atoms with Crippen LogP contribution in [0.25, 0.3) is 11.3 Å². The fourth-order valence-corrected chi connectivity index (χ4v) is 5.04. The Hall–Kier alpha value is -3.70. The Morgan fingerprint density at radius 2 is 2.00 bits per heavy atom. The van der Waals surface area contributed by atoms with Gasteiger partial charge in [-0.1, -0.05) is 18.2 Å². The summed E-state index contributed by atoms with van der Waals surface area (Å²) >= 11 is 1.18. The van der Waals surface area contributed by atoms with Crippen LogP contribution in [0.15, 0.2) is 69.6 Å². The zero-order valence-electron chi connectivity index (χ0n) is 16.7. The maximum Gasteiger partial charge on any atom is 0.354 e. The number of thiazole rings is 1. The quantitative estimate of drug-likeness (QED) is 0.393. The van der Waals surface area contributed by atoms with Crippen LogP contribution in [0.5, 0.6) is 0 Å². The van der Waals surface area contributed by atoms with Gasteiger partial charge in [-0.3, -0.25) is 10.1 Å². The molecular weight excluding hydrogens is 454 g/mol. The summed E-state index contributed by atoms with van der Waals surface area (Å²) in [5.74, 6) is -1.59. The van der Waals surface area contributed by atoms with Crippen LogP contribution in [0, 0.1) is 0 Å². The number of amides is 1. The second-order valence-electron chi connectivity index (χ2n) is 6.63. The van der Waals surface area contributed by atoms with Crippen LogP contribution in [0.1, 0.15) is 26.6 Å². The minimum atomic E-state index is -3.65. The Kier molecular flexibility index (Phi) is 5.93. The summed E-state index contributed by atoms with van der Waals surface area (Å²) < 4.78 is 35.2. The number of nitrogens with zero attached hydrogens (tertiary/aromatic N) is 1. The second kappa shape index (κ2) is 8.81. The smallest absolute Gasteiger partial charge is 0.354 e. The van der Waals surface area contributed by atoms with E-state index in [1.165, 1.54) is 42.9 Å². The lowest BCUT2D eigenvalue weighted by atomic mass is 10.2. The standard InChI is InChI=1S/C21H17N3O6S2/c1-29-20(26)16-9-14(10-22-16)17-11-31-21(23-17)24-19(25)18-13(7-8-30-18)12-32(27,28)15-5-3-2-4-6-15/h2-11,22H,12H2,1H3,(H,23,24,25). The number of furan rings is 1. The Bertz CT molecular complexity index is 1370. The summed E-state index contributed by atoms with van der Waals surface area (Å²) in [4.78, 5) is 31.6. The van der Waals surface area contributed by atoms with Gasteiger partial charge in [0.05, 0.1) is 29.7 Å². The minimum absolute atomic E-state index is 0.101. The Morgan fingerprint density at radius 3 is 2.75 bits per heavy atom. The van der Waals surface area contributed by atoms with E-state index in [0.717, 1.165) is 0 Å². The molecule has 4 aromatic rings. The van der Waals surface area contributed by atoms with Gasteiger partial charge in [0.1, 0.15) is 5.69 Å². The largest absolute Gasteiger partial charge is 0.464 e. The summed E-state index contributed by atoms with van der Waals surface area (Å²) in [6.07, 6.45) is 2.87. The summed E-state index contributed by atoms with van der Waals surface area (Å²) in [5.41, 5.74) is 1.72. The first-order valence-corrected chi connectivity index (χ1v) is 11.8. The molecule has 0 saturated carbocycles. The molecule has 0 bridgehead atoms. The van der Waals surface area contributed by atoms with Crippen LogP contribution in [0.4, 0.5) is 5.13 Å². The molecule has 0 aliphatic carbocycles. The first-order valence-electron chi connectivity index (χ1n) is 9.25. The average Bonchev–Trinajstić information content (AvgIpc) is 3.54. The van der Waals surface area contributed by atoms with Crippen molar-refractivity contribution in [1.29, 1.82) is 0 Å². The van der Waals surface area contributed by atoms with Crippen LogP contribution in [-0.4, -0.2) is 37.4 Å². The number of ether oxygens (including phenoxy) is 1. The summed E-state index contributed by atoms with van der Waals surface area (Å²) in [7, 11) is -2.36. The molecule has 164 valence electrons. The molecular formula is C21H17N3O6S2. The molecule has 3 heterocycles. The van der Waals surface area contributed by atoms with E-state index in [-0.39, 0.29) is 27.7 Å². The van der Waals surface area contributed by atoms with Crippen molar-refractivity contribution < 1.29 is 27.2 Å². The van der Waals surface area contributed by atoms with E-state index in [2.05, 4.69) is 20.0 Å². The van der Waals surface area contributed by atoms with Crippen LogP contribution in [-0.2, 0) is 20.3 Å². The first-order chi connectivity index (χ1) is 15.4. The number of sulfone groups is 1. The number of methoxy groups -OCH3 is 1. The van der Waals surface area contributed by atoms with Gasteiger partial charge in [-0.15, -0.1) is 11.3 Å². The fourth-order valence-electron chi connectivity index (χ4n) is 2.95. The van der Waals surface area contributed by atoms with Gasteiger partial charge in [0.2, 0.25) is 0 Å². The molecule has 0 spiro atoms. The van der Waals surface area contributed by atoms with Crippen LogP contribution < -0.4 is 5.32 Å². The molecule has 0 aliphatic heterocycles. The number of rotatable bonds is 7. The summed E-state index contributed by atoms with van der Waals surface area (Å²) in [6.45, 7) is 0. The Balaban J connectivity index is 1.49. The van der Waals surface area contributed by atoms with Crippen LogP contribution >= 0.6 is 11.3 Å². The molecule has 1 amide bonds. The lowest BCUT2D eigenvalue weighted by molar-refractivity contribution is 0.0594. The number of anilines is 1. The molecule has 9 nitrogen and oxygen atoms in total. The van der Waals surface area contributed by atoms with Gasteiger partial charge in [-0.25, -0.2) is 18.2 Å². The van der Waals surface area contributed by atoms with Crippen molar-refractivity contribution >= 4 is 38.2 Å². The zero-order chi connectivity index (χ0) is 22.7. The Morgan fingerprint density at radius 1 is 1.22 bits per heavy atom. The molecule has 0 radical (unpaired) electrons. The number of hydrogen-bond donors (Lipinski definition) is 2. The van der Waals surface area contributed by atoms with Gasteiger partial charge in [-0.05, 0) is 24.3 Å². The van der Waals surface area contributed by atoms with E-state index in [9.17, 15) is 18.0 Å². The molecule has 3 aromatic heterocycles. The maximum absolute atomic E-state index is 12.7. The number of esters is 1. The molecule has 32 heavy (non-hydrogen) atoms. The maximum atomic E-state index is 12.7. The van der Waals surface area contributed by atoms with Crippen molar-refractivity contribution in [3.8, 4) is 11.3 Å². The van der Waals surface area contributed by atoms with Crippen molar-refractivity contribution in [3.63, 3.8) is 0 Å². The summed E-state index contributed by atoms with van der Waals surface area (Å²) in [5, 5.41) is 4.62. The monoisotopic (exact) mass is 471 g/mol. The second-order valence-corrected chi connectivity index (χ2v) is 9.48. The van der Waals surface area contributed by atoms with Crippen LogP contribution in [0.2, 0.25) is 0 Å². The van der Waals surface area contributed by atoms with Gasteiger partial charge in [0.25, 0.3) is 5.91 Å². The molecule has 4 rings (SSSR count). The highest BCUT2D eigenvalue weighted by Crippen LogP contribution is 2.27. The van der Waals surface area contributed by atoms with Gasteiger partial charge in [0.15, 0.2) is 20.7 Å². The van der Waals surface area contributed by atoms with Gasteiger partial charge in [0, 0.05) is 22.7 Å². The number of H-pyrrole nitrogens is 1. The van der Waals surface area contributed by atoms with Gasteiger partial charge >= 0.3 is 5.97 Å². The van der Waals surface area contributed by atoms with E-state index in [0.29, 0.717) is 16.4 Å². The molecule has 0 atom stereocenters. The average molecular weight is 472 g/mol. The molecule has 2 N–H and O–H groups in total. The third-order valence-electron chi connectivity index (χ3n) is 4.51. The number of aromatic amines is 1. The number of benzene rings is 1. The lowest BCUT2D eigenvalue weighted by Crippen LogP contribution is -2.14. The highest BCUT2D eigenvalue weighted by atomic mass is 32.2. The molecule has 0 aliphatic rings. The van der Waals surface area contributed by atoms with Gasteiger partial charge in [-0.2, -0.15) is 0 Å². The fraction of sp³-hybridized carbons (Fsp3) is 0.0952. The predicted octanol–water partition coefficient (Wildman–Crippen LogP) is 3.74. The van der Waals surface area contributed by atoms with Crippen LogP contribution in [0.3, 0.4) is 0 Å². The van der Waals surface area contributed by atoms with E-state index >= 15 is 0 Å². The highest BCUT2D eigenvalue weighted by molar-refractivity contribution is 7.90. The number of carbonyl (C=O) groups is 2. The SMILES string of the molecule is COC(=O)c1cc(-c2csc(NC(=O)c3occc3CS(=O)(=O)c3ccccc3)n2)c[nH]1. The zero-order valence-corrected chi connectivity index (χ0v) is 18.3. The number of hydrogen-bond acceptors (Lipinski definition) is 8. The normalized spacial score (nSPS) is 11.3. The molecule has 0 saturated heterocycles. The molecule has 0 fully saturated rings. The van der Waals surface area contributed by atoms with E-state index in [4.69, 9.17) is 4.42 Å². The molecule has 0 unspecified atom stereocenters. The minimum Gasteiger partial charge on any atom is -0.464 e. The lowest BCUT2D eigenvalue weighted by Gasteiger charge is -2.05. The van der Waals surface area contributed by atoms with Crippen molar-refractivity contribution in [2.45, 2.75) is 10.6 Å². The molecule has 1 aromatic carbocycles. The van der Waals surface area contributed by atoms with Crippen molar-refractivity contribution in [2.75, 3.05) is 12.4 Å². The number of nitrogens with one attached hydrogen (secondary N) is 2. The summed E-state index contributed by atoms with van der Waals surface area (Å²) in [6, 6.07) is 11.0. The first kappa shape index (κ1) is 21.5. The predicted molar refractivity (Wildman–Crippen MR) is 117 cm³/mol. The van der Waals surface area contributed by atoms with Crippen molar-refractivity contribution in [2.24, 2.45) is 0 Å². The third-order valence-corrected chi connectivity index (χ3v) is 6.95. The highest BCUT2D eigenvalue weighted by Gasteiger charge is 2.23. The van der Waals surface area contributed by atoms with Gasteiger partial charge < -0.3 is 14.1 Å². The Labute approximate surface area is 187 Å². The molecule has 11 heteroatoms. The van der Waals surface area contributed by atoms with Crippen molar-refractivity contribution in [1.82, 2.24) is 9.97 Å². The third kappa shape index (κ3) is 4.48. The number of aromatic nitrogens is 2. The van der Waals surface area contributed by atoms with E-state index < -0.39 is 21.7 Å².